The Morgan fingerprint density at radius 2 is 1.83 bits per heavy atom. The second kappa shape index (κ2) is 8.02. The summed E-state index contributed by atoms with van der Waals surface area (Å²) in [5.74, 6) is -6.54. The molecule has 10 heteroatoms. The number of benzene rings is 1. The van der Waals surface area contributed by atoms with Crippen LogP contribution in [0.1, 0.15) is 27.2 Å². The lowest BCUT2D eigenvalue weighted by atomic mass is 9.58. The van der Waals surface area contributed by atoms with Gasteiger partial charge in [0, 0.05) is 21.2 Å². The third-order valence-electron chi connectivity index (χ3n) is 7.61. The third kappa shape index (κ3) is 3.11. The zero-order valence-electron chi connectivity index (χ0n) is 19.9. The van der Waals surface area contributed by atoms with E-state index in [1.165, 1.54) is 11.0 Å². The first-order chi connectivity index (χ1) is 16.9. The molecule has 4 unspecified atom stereocenters. The van der Waals surface area contributed by atoms with E-state index in [4.69, 9.17) is 5.73 Å². The summed E-state index contributed by atoms with van der Waals surface area (Å²) < 4.78 is 0. The van der Waals surface area contributed by atoms with Crippen LogP contribution >= 0.6 is 11.3 Å². The minimum Gasteiger partial charge on any atom is -0.510 e. The number of carbonyl (C=O) groups is 3. The molecule has 0 radical (unpaired) electrons. The van der Waals surface area contributed by atoms with Gasteiger partial charge in [0.2, 0.25) is 5.78 Å². The number of rotatable bonds is 3. The molecule has 1 aromatic carbocycles. The number of fused-ring (bicyclic) bond motifs is 3. The molecule has 2 aromatic rings. The number of aliphatic hydroxyl groups is 3. The highest BCUT2D eigenvalue weighted by molar-refractivity contribution is 7.15. The summed E-state index contributed by atoms with van der Waals surface area (Å²) in [5, 5.41) is 44.4. The largest absolute Gasteiger partial charge is 0.510 e. The second-order valence-corrected chi connectivity index (χ2v) is 11.1. The van der Waals surface area contributed by atoms with E-state index in [-0.39, 0.29) is 29.7 Å². The van der Waals surface area contributed by atoms with Gasteiger partial charge in [0.1, 0.15) is 22.8 Å². The Balaban J connectivity index is 1.73. The van der Waals surface area contributed by atoms with Crippen molar-refractivity contribution in [3.63, 3.8) is 0 Å². The highest BCUT2D eigenvalue weighted by Gasteiger charge is 2.63. The van der Waals surface area contributed by atoms with Crippen LogP contribution in [0, 0.1) is 18.8 Å². The first-order valence-corrected chi connectivity index (χ1v) is 12.3. The van der Waals surface area contributed by atoms with Gasteiger partial charge in [0.25, 0.3) is 5.91 Å². The summed E-state index contributed by atoms with van der Waals surface area (Å²) in [6, 6.07) is 6.05. The third-order valence-corrected chi connectivity index (χ3v) is 8.65. The summed E-state index contributed by atoms with van der Waals surface area (Å²) >= 11 is 1.55. The molecule has 1 amide bonds. The first-order valence-electron chi connectivity index (χ1n) is 11.5. The Morgan fingerprint density at radius 3 is 2.42 bits per heavy atom. The number of primary amides is 1. The number of likely N-dealkylation sites (N-methyl/N-ethyl adjacent to an activating group) is 1. The molecule has 5 rings (SSSR count). The quantitative estimate of drug-likeness (QED) is 0.393. The van der Waals surface area contributed by atoms with Crippen molar-refractivity contribution >= 4 is 28.8 Å². The van der Waals surface area contributed by atoms with E-state index in [1.807, 2.05) is 19.1 Å². The van der Waals surface area contributed by atoms with E-state index < -0.39 is 58.0 Å². The lowest BCUT2D eigenvalue weighted by Gasteiger charge is -2.50. The summed E-state index contributed by atoms with van der Waals surface area (Å²) in [5.41, 5.74) is 3.15. The van der Waals surface area contributed by atoms with Gasteiger partial charge < -0.3 is 26.2 Å². The molecule has 3 aliphatic rings. The molecule has 0 saturated carbocycles. The number of hydrogen-bond acceptors (Lipinski definition) is 9. The molecule has 0 spiro atoms. The normalized spacial score (nSPS) is 27.8. The molecular weight excluding hydrogens is 484 g/mol. The lowest BCUT2D eigenvalue weighted by Crippen LogP contribution is -2.63. The Labute approximate surface area is 210 Å². The maximum atomic E-state index is 13.7. The number of aromatic hydroxyl groups is 1. The standard InChI is InChI=1S/C26H26N2O7S/c1-10-4-7-16(36-10)12-5-6-15(29)18-13(12)8-11-9-14-20(28(2)3)22(31)19(25(27)34)24(33)26(14,35)23(32)17(11)21(18)30/h4-7,11,14,20,29,31-32,35H,8-9H2,1-3H3,(H2,27,34). The van der Waals surface area contributed by atoms with E-state index in [9.17, 15) is 34.8 Å². The minimum absolute atomic E-state index is 0.0133. The Morgan fingerprint density at radius 1 is 1.14 bits per heavy atom. The van der Waals surface area contributed by atoms with Gasteiger partial charge >= 0.3 is 0 Å². The second-order valence-electron chi connectivity index (χ2n) is 9.86. The predicted octanol–water partition coefficient (Wildman–Crippen LogP) is 2.16. The SMILES string of the molecule is Cc1ccc(-c2ccc(O)c3c2CC2CC4C(N(C)C)C(O)=C(C(N)=O)C(=O)C4(O)C(O)=C2C3=O)s1. The molecule has 9 nitrogen and oxygen atoms in total. The van der Waals surface area contributed by atoms with Crippen LogP contribution in [0.15, 0.2) is 46.9 Å². The maximum absolute atomic E-state index is 13.7. The van der Waals surface area contributed by atoms with Gasteiger partial charge in [-0.3, -0.25) is 19.3 Å². The number of nitrogens with zero attached hydrogens (tertiary/aromatic N) is 1. The Hall–Kier alpha value is -3.47. The van der Waals surface area contributed by atoms with Gasteiger partial charge in [0.15, 0.2) is 11.4 Å². The molecule has 0 fully saturated rings. The number of aryl methyl sites for hydroxylation is 1. The van der Waals surface area contributed by atoms with Gasteiger partial charge in [-0.05, 0) is 75.2 Å². The summed E-state index contributed by atoms with van der Waals surface area (Å²) in [7, 11) is 3.20. The zero-order valence-corrected chi connectivity index (χ0v) is 20.7. The van der Waals surface area contributed by atoms with Gasteiger partial charge in [-0.15, -0.1) is 11.3 Å². The van der Waals surface area contributed by atoms with Crippen LogP contribution in [0.3, 0.4) is 0 Å². The number of thiophene rings is 1. The number of allylic oxidation sites excluding steroid dienone is 1. The zero-order chi connectivity index (χ0) is 26.3. The molecule has 1 aromatic heterocycles. The highest BCUT2D eigenvalue weighted by Crippen LogP contribution is 2.53. The van der Waals surface area contributed by atoms with Gasteiger partial charge in [-0.1, -0.05) is 0 Å². The molecule has 0 bridgehead atoms. The minimum atomic E-state index is -2.64. The Bertz CT molecular complexity index is 1420. The van der Waals surface area contributed by atoms with Crippen LogP contribution in [-0.2, 0) is 16.0 Å². The number of amides is 1. The number of ketones is 2. The summed E-state index contributed by atoms with van der Waals surface area (Å²) in [4.78, 5) is 42.6. The van der Waals surface area contributed by atoms with E-state index in [1.54, 1.807) is 31.5 Å². The van der Waals surface area contributed by atoms with Gasteiger partial charge in [-0.2, -0.15) is 0 Å². The van der Waals surface area contributed by atoms with Crippen molar-refractivity contribution in [2.75, 3.05) is 14.1 Å². The van der Waals surface area contributed by atoms with Crippen LogP contribution in [-0.4, -0.2) is 68.5 Å². The average molecular weight is 511 g/mol. The molecule has 3 aliphatic carbocycles. The summed E-state index contributed by atoms with van der Waals surface area (Å²) in [6.45, 7) is 1.97. The predicted molar refractivity (Wildman–Crippen MR) is 132 cm³/mol. The highest BCUT2D eigenvalue weighted by atomic mass is 32.1. The molecule has 36 heavy (non-hydrogen) atoms. The molecule has 0 aliphatic heterocycles. The fraction of sp³-hybridized carbons (Fsp3) is 0.346. The van der Waals surface area contributed by atoms with Crippen molar-refractivity contribution in [2.45, 2.75) is 31.4 Å². The Kier molecular flexibility index (Phi) is 5.40. The fourth-order valence-corrected chi connectivity index (χ4v) is 6.98. The monoisotopic (exact) mass is 510 g/mol. The van der Waals surface area contributed by atoms with Crippen molar-refractivity contribution < 1.29 is 34.8 Å². The number of phenolic OH excluding ortho intramolecular Hbond substituents is 1. The maximum Gasteiger partial charge on any atom is 0.255 e. The average Bonchev–Trinajstić information content (AvgIpc) is 3.22. The smallest absolute Gasteiger partial charge is 0.255 e. The van der Waals surface area contributed by atoms with Gasteiger partial charge in [0.05, 0.1) is 11.6 Å². The van der Waals surface area contributed by atoms with Crippen molar-refractivity contribution in [2.24, 2.45) is 17.6 Å². The molecule has 0 saturated heterocycles. The number of nitrogens with two attached hydrogens (primary N) is 1. The van der Waals surface area contributed by atoms with E-state index in [0.29, 0.717) is 5.56 Å². The lowest BCUT2D eigenvalue weighted by molar-refractivity contribution is -0.148. The molecule has 188 valence electrons. The van der Waals surface area contributed by atoms with Crippen LogP contribution in [0.4, 0.5) is 0 Å². The van der Waals surface area contributed by atoms with E-state index >= 15 is 0 Å². The van der Waals surface area contributed by atoms with Crippen molar-refractivity contribution in [3.8, 4) is 16.2 Å². The number of aliphatic hydroxyl groups excluding tert-OH is 2. The molecular formula is C26H26N2O7S. The van der Waals surface area contributed by atoms with Crippen molar-refractivity contribution in [1.82, 2.24) is 4.90 Å². The first kappa shape index (κ1) is 24.2. The van der Waals surface area contributed by atoms with Crippen LogP contribution in [0.2, 0.25) is 0 Å². The molecule has 4 atom stereocenters. The van der Waals surface area contributed by atoms with Gasteiger partial charge in [-0.25, -0.2) is 0 Å². The van der Waals surface area contributed by atoms with E-state index in [0.717, 1.165) is 15.3 Å². The van der Waals surface area contributed by atoms with Crippen LogP contribution < -0.4 is 5.73 Å². The van der Waals surface area contributed by atoms with Crippen molar-refractivity contribution in [3.05, 3.63) is 62.9 Å². The number of phenols is 1. The van der Waals surface area contributed by atoms with Crippen LogP contribution in [0.25, 0.3) is 10.4 Å². The number of hydrogen-bond donors (Lipinski definition) is 5. The van der Waals surface area contributed by atoms with Crippen molar-refractivity contribution in [1.29, 1.82) is 0 Å². The molecule has 1 heterocycles. The van der Waals surface area contributed by atoms with Crippen LogP contribution in [0.5, 0.6) is 5.75 Å². The topological polar surface area (TPSA) is 161 Å². The summed E-state index contributed by atoms with van der Waals surface area (Å²) in [6.07, 6.45) is 0.319. The van der Waals surface area contributed by atoms with E-state index in [2.05, 4.69) is 0 Å². The fourth-order valence-electron chi connectivity index (χ4n) is 6.06. The number of Topliss-reactive ketones (excluding diaryl/α,β-unsaturated/α-hetero) is 2. The molecule has 6 N–H and O–H groups in total. The number of carbonyl (C=O) groups excluding carboxylic acids is 3.